The number of aromatic nitrogens is 1. The molecule has 1 aromatic heterocycles. The summed E-state index contributed by atoms with van der Waals surface area (Å²) in [7, 11) is 0. The summed E-state index contributed by atoms with van der Waals surface area (Å²) in [5.41, 5.74) is 0.779. The van der Waals surface area contributed by atoms with Crippen molar-refractivity contribution in [2.24, 2.45) is 0 Å². The molecule has 0 atom stereocenters. The van der Waals surface area contributed by atoms with Crippen LogP contribution in [0.25, 0.3) is 0 Å². The van der Waals surface area contributed by atoms with Crippen LogP contribution < -0.4 is 10.6 Å². The second-order valence-corrected chi connectivity index (χ2v) is 6.12. The number of thiazole rings is 1. The lowest BCUT2D eigenvalue weighted by Crippen LogP contribution is -2.21. The molecule has 1 heterocycles. The van der Waals surface area contributed by atoms with Crippen molar-refractivity contribution in [3.63, 3.8) is 0 Å². The third kappa shape index (κ3) is 5.50. The highest BCUT2D eigenvalue weighted by Crippen LogP contribution is 2.17. The molecule has 6 nitrogen and oxygen atoms in total. The number of nitrogens with one attached hydrogen (secondary N) is 2. The van der Waals surface area contributed by atoms with Gasteiger partial charge in [-0.2, -0.15) is 0 Å². The molecule has 2 N–H and O–H groups in total. The van der Waals surface area contributed by atoms with Gasteiger partial charge in [-0.15, -0.1) is 17.9 Å². The monoisotopic (exact) mass is 395 g/mol. The fourth-order valence-corrected chi connectivity index (χ4v) is 2.67. The van der Waals surface area contributed by atoms with E-state index in [1.165, 1.54) is 11.3 Å². The van der Waals surface area contributed by atoms with Crippen LogP contribution in [-0.4, -0.2) is 30.0 Å². The Labute approximate surface area is 145 Å². The second-order valence-electron chi connectivity index (χ2n) is 4.34. The summed E-state index contributed by atoms with van der Waals surface area (Å²) in [6.45, 7) is 3.76. The molecule has 0 aliphatic heterocycles. The van der Waals surface area contributed by atoms with E-state index in [0.717, 1.165) is 4.47 Å². The van der Waals surface area contributed by atoms with Gasteiger partial charge in [-0.05, 0) is 18.2 Å². The second kappa shape index (κ2) is 8.44. The maximum atomic E-state index is 11.8. The zero-order valence-electron chi connectivity index (χ0n) is 12.0. The fraction of sp³-hybridized carbons (Fsp3) is 0.133. The van der Waals surface area contributed by atoms with Crippen molar-refractivity contribution in [2.45, 2.75) is 0 Å². The highest BCUT2D eigenvalue weighted by Gasteiger charge is 2.14. The van der Waals surface area contributed by atoms with Gasteiger partial charge in [0, 0.05) is 22.1 Å². The Morgan fingerprint density at radius 3 is 3.00 bits per heavy atom. The predicted octanol–water partition coefficient (Wildman–Crippen LogP) is 3.30. The number of hydrogen-bond donors (Lipinski definition) is 2. The van der Waals surface area contributed by atoms with Crippen LogP contribution >= 0.6 is 27.3 Å². The Kier molecular flexibility index (Phi) is 6.30. The van der Waals surface area contributed by atoms with Crippen molar-refractivity contribution in [3.05, 3.63) is 52.5 Å². The molecule has 0 saturated carbocycles. The minimum Gasteiger partial charge on any atom is -0.451 e. The smallest absolute Gasteiger partial charge is 0.358 e. The quantitative estimate of drug-likeness (QED) is 0.555. The molecular weight excluding hydrogens is 382 g/mol. The molecule has 0 aliphatic carbocycles. The molecule has 0 radical (unpaired) electrons. The van der Waals surface area contributed by atoms with Gasteiger partial charge in [0.2, 0.25) is 0 Å². The van der Waals surface area contributed by atoms with Crippen molar-refractivity contribution in [1.82, 2.24) is 4.98 Å². The minimum absolute atomic E-state index is 0.164. The summed E-state index contributed by atoms with van der Waals surface area (Å²) in [6.07, 6.45) is 1.69. The third-order valence-corrected chi connectivity index (χ3v) is 3.85. The number of halogens is 1. The van der Waals surface area contributed by atoms with E-state index >= 15 is 0 Å². The maximum absolute atomic E-state index is 11.8. The molecule has 0 aliphatic rings. The summed E-state index contributed by atoms with van der Waals surface area (Å²) in [5.74, 6) is -1.06. The topological polar surface area (TPSA) is 80.3 Å². The Balaban J connectivity index is 1.82. The number of ether oxygens (including phenoxy) is 1. The van der Waals surface area contributed by atoms with Crippen LogP contribution in [0.3, 0.4) is 0 Å². The van der Waals surface area contributed by atoms with E-state index in [1.807, 2.05) is 6.07 Å². The average molecular weight is 396 g/mol. The van der Waals surface area contributed by atoms with Crippen molar-refractivity contribution >= 4 is 50.0 Å². The first-order chi connectivity index (χ1) is 11.1. The number of anilines is 2. The zero-order chi connectivity index (χ0) is 16.7. The first-order valence-corrected chi connectivity index (χ1v) is 8.28. The minimum atomic E-state index is -0.641. The lowest BCUT2D eigenvalue weighted by Gasteiger charge is -2.06. The largest absolute Gasteiger partial charge is 0.451 e. The van der Waals surface area contributed by atoms with Crippen LogP contribution in [0.2, 0.25) is 0 Å². The number of nitrogens with zero attached hydrogens (tertiary/aromatic N) is 1. The van der Waals surface area contributed by atoms with Crippen LogP contribution in [-0.2, 0) is 9.53 Å². The number of rotatable bonds is 7. The summed E-state index contributed by atoms with van der Waals surface area (Å²) in [5, 5.41) is 7.77. The van der Waals surface area contributed by atoms with Crippen LogP contribution in [0.4, 0.5) is 10.8 Å². The molecule has 0 saturated heterocycles. The van der Waals surface area contributed by atoms with Gasteiger partial charge < -0.3 is 15.4 Å². The van der Waals surface area contributed by atoms with E-state index in [9.17, 15) is 9.59 Å². The molecule has 120 valence electrons. The summed E-state index contributed by atoms with van der Waals surface area (Å²) >= 11 is 4.59. The highest BCUT2D eigenvalue weighted by atomic mass is 79.9. The lowest BCUT2D eigenvalue weighted by atomic mass is 10.3. The Morgan fingerprint density at radius 1 is 1.43 bits per heavy atom. The highest BCUT2D eigenvalue weighted by molar-refractivity contribution is 9.10. The maximum Gasteiger partial charge on any atom is 0.358 e. The van der Waals surface area contributed by atoms with E-state index < -0.39 is 11.9 Å². The van der Waals surface area contributed by atoms with Gasteiger partial charge in [0.25, 0.3) is 5.91 Å². The van der Waals surface area contributed by atoms with Gasteiger partial charge in [-0.3, -0.25) is 4.79 Å². The van der Waals surface area contributed by atoms with E-state index in [1.54, 1.807) is 29.7 Å². The molecule has 1 aromatic carbocycles. The van der Waals surface area contributed by atoms with Gasteiger partial charge in [-0.1, -0.05) is 28.1 Å². The lowest BCUT2D eigenvalue weighted by molar-refractivity contribution is -0.119. The molecule has 1 amide bonds. The van der Waals surface area contributed by atoms with E-state index in [0.29, 0.717) is 17.4 Å². The normalized spacial score (nSPS) is 9.96. The predicted molar refractivity (Wildman–Crippen MR) is 93.9 cm³/mol. The molecular formula is C15H14BrN3O3S. The first-order valence-electron chi connectivity index (χ1n) is 6.61. The van der Waals surface area contributed by atoms with Crippen molar-refractivity contribution < 1.29 is 14.3 Å². The summed E-state index contributed by atoms with van der Waals surface area (Å²) in [4.78, 5) is 27.7. The average Bonchev–Trinajstić information content (AvgIpc) is 2.99. The Bertz CT molecular complexity index is 717. The first kappa shape index (κ1) is 17.2. The fourth-order valence-electron chi connectivity index (χ4n) is 1.58. The van der Waals surface area contributed by atoms with Crippen LogP contribution in [0.5, 0.6) is 0 Å². The summed E-state index contributed by atoms with van der Waals surface area (Å²) < 4.78 is 5.79. The van der Waals surface area contributed by atoms with Gasteiger partial charge in [0.05, 0.1) is 0 Å². The third-order valence-electron chi connectivity index (χ3n) is 2.55. The number of hydrogen-bond acceptors (Lipinski definition) is 6. The summed E-state index contributed by atoms with van der Waals surface area (Å²) in [6, 6.07) is 7.12. The SMILES string of the molecule is C=CCNc1nc(C(=O)OCC(=O)Nc2cccc(Br)c2)cs1. The van der Waals surface area contributed by atoms with Crippen LogP contribution in [0, 0.1) is 0 Å². The molecule has 2 aromatic rings. The molecule has 0 bridgehead atoms. The molecule has 23 heavy (non-hydrogen) atoms. The molecule has 8 heteroatoms. The molecule has 0 unspecified atom stereocenters. The molecule has 0 spiro atoms. The van der Waals surface area contributed by atoms with Gasteiger partial charge in [0.1, 0.15) is 0 Å². The Morgan fingerprint density at radius 2 is 2.26 bits per heavy atom. The van der Waals surface area contributed by atoms with Crippen LogP contribution in [0.1, 0.15) is 10.5 Å². The van der Waals surface area contributed by atoms with Crippen molar-refractivity contribution in [1.29, 1.82) is 0 Å². The van der Waals surface area contributed by atoms with Gasteiger partial charge in [0.15, 0.2) is 17.4 Å². The molecule has 0 fully saturated rings. The molecule has 2 rings (SSSR count). The van der Waals surface area contributed by atoms with Crippen molar-refractivity contribution in [3.8, 4) is 0 Å². The zero-order valence-corrected chi connectivity index (χ0v) is 14.4. The number of benzene rings is 1. The van der Waals surface area contributed by atoms with Gasteiger partial charge >= 0.3 is 5.97 Å². The van der Waals surface area contributed by atoms with E-state index in [2.05, 4.69) is 38.1 Å². The Hall–Kier alpha value is -2.19. The number of carbonyl (C=O) groups is 2. The van der Waals surface area contributed by atoms with E-state index in [4.69, 9.17) is 4.74 Å². The number of amides is 1. The number of esters is 1. The van der Waals surface area contributed by atoms with Crippen LogP contribution in [0.15, 0.2) is 46.8 Å². The number of carbonyl (C=O) groups excluding carboxylic acids is 2. The van der Waals surface area contributed by atoms with Crippen molar-refractivity contribution in [2.75, 3.05) is 23.8 Å². The van der Waals surface area contributed by atoms with E-state index in [-0.39, 0.29) is 12.3 Å². The standard InChI is InChI=1S/C15H14BrN3O3S/c1-2-6-17-15-19-12(9-23-15)14(21)22-8-13(20)18-11-5-3-4-10(16)7-11/h2-5,7,9H,1,6,8H2,(H,17,19)(H,18,20). The van der Waals surface area contributed by atoms with Gasteiger partial charge in [-0.25, -0.2) is 9.78 Å².